The van der Waals surface area contributed by atoms with E-state index in [2.05, 4.69) is 10.1 Å². The molecule has 3 rings (SSSR count). The van der Waals surface area contributed by atoms with Crippen molar-refractivity contribution < 1.29 is 18.8 Å². The molecule has 3 aromatic rings. The van der Waals surface area contributed by atoms with Gasteiger partial charge in [-0.25, -0.2) is 4.79 Å². The van der Waals surface area contributed by atoms with E-state index in [1.54, 1.807) is 24.3 Å². The largest absolute Gasteiger partial charge is 0.452 e. The summed E-state index contributed by atoms with van der Waals surface area (Å²) in [5.74, 6) is 0.0586. The smallest absolute Gasteiger partial charge is 0.339 e. The summed E-state index contributed by atoms with van der Waals surface area (Å²) >= 11 is 0. The van der Waals surface area contributed by atoms with Gasteiger partial charge < -0.3 is 9.26 Å². The molecule has 0 aliphatic heterocycles. The number of benzene rings is 2. The van der Waals surface area contributed by atoms with E-state index >= 15 is 0 Å². The van der Waals surface area contributed by atoms with Gasteiger partial charge in [0.1, 0.15) is 0 Å². The fourth-order valence-corrected chi connectivity index (χ4v) is 2.75. The molecule has 6 nitrogen and oxygen atoms in total. The number of ketones is 1. The number of carbonyl (C=O) groups excluding carboxylic acids is 2. The highest BCUT2D eigenvalue weighted by atomic mass is 16.6. The molecule has 0 radical (unpaired) electrons. The molecule has 0 atom stereocenters. The second-order valence-corrected chi connectivity index (χ2v) is 6.97. The van der Waals surface area contributed by atoms with Crippen molar-refractivity contribution in [3.63, 3.8) is 0 Å². The maximum atomic E-state index is 13.0. The average molecular weight is 378 g/mol. The minimum atomic E-state index is -0.612. The maximum absolute atomic E-state index is 13.0. The van der Waals surface area contributed by atoms with Crippen LogP contribution >= 0.6 is 0 Å². The van der Waals surface area contributed by atoms with Crippen LogP contribution in [-0.4, -0.2) is 21.9 Å². The fourth-order valence-electron chi connectivity index (χ4n) is 2.75. The molecule has 0 unspecified atom stereocenters. The average Bonchev–Trinajstić information content (AvgIpc) is 3.17. The fraction of sp³-hybridized carbons (Fsp3) is 0.273. The summed E-state index contributed by atoms with van der Waals surface area (Å²) < 4.78 is 10.4. The zero-order chi connectivity index (χ0) is 20.3. The molecular weight excluding hydrogens is 356 g/mol. The molecule has 6 heteroatoms. The summed E-state index contributed by atoms with van der Waals surface area (Å²) in [6, 6.07) is 12.3. The van der Waals surface area contributed by atoms with E-state index < -0.39 is 5.97 Å². The SMILES string of the molecule is Cc1ccc(C)c(C(=O)c2ccccc2C(=O)OCc2nc(C(C)C)no2)c1. The van der Waals surface area contributed by atoms with E-state index in [1.807, 2.05) is 45.9 Å². The van der Waals surface area contributed by atoms with E-state index in [1.165, 1.54) is 0 Å². The molecule has 0 N–H and O–H groups in total. The summed E-state index contributed by atoms with van der Waals surface area (Å²) in [6.07, 6.45) is 0. The Morgan fingerprint density at radius 2 is 1.75 bits per heavy atom. The van der Waals surface area contributed by atoms with Gasteiger partial charge in [0.2, 0.25) is 0 Å². The van der Waals surface area contributed by atoms with Gasteiger partial charge in [0, 0.05) is 17.0 Å². The predicted octanol–water partition coefficient (Wildman–Crippen LogP) is 4.40. The maximum Gasteiger partial charge on any atom is 0.339 e. The zero-order valence-corrected chi connectivity index (χ0v) is 16.4. The minimum Gasteiger partial charge on any atom is -0.452 e. The Bertz CT molecular complexity index is 1020. The van der Waals surface area contributed by atoms with Crippen molar-refractivity contribution in [3.8, 4) is 0 Å². The van der Waals surface area contributed by atoms with E-state index in [4.69, 9.17) is 9.26 Å². The molecule has 0 saturated heterocycles. The quantitative estimate of drug-likeness (QED) is 0.467. The number of esters is 1. The lowest BCUT2D eigenvalue weighted by molar-refractivity contribution is 0.0427. The lowest BCUT2D eigenvalue weighted by Crippen LogP contribution is -2.13. The highest BCUT2D eigenvalue weighted by Crippen LogP contribution is 2.20. The monoisotopic (exact) mass is 378 g/mol. The molecule has 1 heterocycles. The van der Waals surface area contributed by atoms with Crippen molar-refractivity contribution in [1.82, 2.24) is 10.1 Å². The summed E-state index contributed by atoms with van der Waals surface area (Å²) in [6.45, 7) is 7.53. The first-order chi connectivity index (χ1) is 13.4. The van der Waals surface area contributed by atoms with E-state index in [0.717, 1.165) is 11.1 Å². The number of rotatable bonds is 6. The molecule has 0 spiro atoms. The highest BCUT2D eigenvalue weighted by molar-refractivity contribution is 6.15. The number of aryl methyl sites for hydroxylation is 2. The normalized spacial score (nSPS) is 10.9. The number of aromatic nitrogens is 2. The Kier molecular flexibility index (Phi) is 5.68. The molecule has 28 heavy (non-hydrogen) atoms. The Morgan fingerprint density at radius 1 is 1.04 bits per heavy atom. The van der Waals surface area contributed by atoms with Gasteiger partial charge in [-0.2, -0.15) is 4.98 Å². The third-order valence-electron chi connectivity index (χ3n) is 4.36. The molecule has 144 valence electrons. The van der Waals surface area contributed by atoms with E-state index in [-0.39, 0.29) is 29.8 Å². The first-order valence-corrected chi connectivity index (χ1v) is 9.07. The number of hydrogen-bond acceptors (Lipinski definition) is 6. The lowest BCUT2D eigenvalue weighted by Gasteiger charge is -2.10. The first-order valence-electron chi connectivity index (χ1n) is 9.07. The highest BCUT2D eigenvalue weighted by Gasteiger charge is 2.21. The van der Waals surface area contributed by atoms with Crippen molar-refractivity contribution in [3.05, 3.63) is 82.0 Å². The van der Waals surface area contributed by atoms with Crippen LogP contribution in [0.2, 0.25) is 0 Å². The zero-order valence-electron chi connectivity index (χ0n) is 16.4. The van der Waals surface area contributed by atoms with Gasteiger partial charge >= 0.3 is 5.97 Å². The topological polar surface area (TPSA) is 82.3 Å². The lowest BCUT2D eigenvalue weighted by atomic mass is 9.94. The van der Waals surface area contributed by atoms with Crippen LogP contribution in [0.25, 0.3) is 0 Å². The molecule has 0 aliphatic carbocycles. The second-order valence-electron chi connectivity index (χ2n) is 6.97. The van der Waals surface area contributed by atoms with Crippen LogP contribution in [0.5, 0.6) is 0 Å². The minimum absolute atomic E-state index is 0.115. The van der Waals surface area contributed by atoms with Crippen molar-refractivity contribution in [2.24, 2.45) is 0 Å². The molecule has 0 bridgehead atoms. The molecule has 1 aromatic heterocycles. The van der Waals surface area contributed by atoms with Crippen molar-refractivity contribution in [2.75, 3.05) is 0 Å². The third kappa shape index (κ3) is 4.17. The number of carbonyl (C=O) groups is 2. The van der Waals surface area contributed by atoms with Gasteiger partial charge in [-0.3, -0.25) is 4.79 Å². The number of hydrogen-bond donors (Lipinski definition) is 0. The molecule has 0 amide bonds. The van der Waals surface area contributed by atoms with E-state index in [9.17, 15) is 9.59 Å². The molecule has 2 aromatic carbocycles. The van der Waals surface area contributed by atoms with E-state index in [0.29, 0.717) is 17.0 Å². The first kappa shape index (κ1) is 19.5. The van der Waals surface area contributed by atoms with Crippen LogP contribution in [0.15, 0.2) is 47.0 Å². The van der Waals surface area contributed by atoms with Gasteiger partial charge in [0.25, 0.3) is 5.89 Å². The van der Waals surface area contributed by atoms with Crippen LogP contribution in [0, 0.1) is 13.8 Å². The Morgan fingerprint density at radius 3 is 2.43 bits per heavy atom. The molecular formula is C22H22N2O4. The van der Waals surface area contributed by atoms with Gasteiger partial charge in [-0.05, 0) is 31.5 Å². The molecule has 0 aliphatic rings. The van der Waals surface area contributed by atoms with Gasteiger partial charge in [0.05, 0.1) is 5.56 Å². The van der Waals surface area contributed by atoms with Crippen molar-refractivity contribution in [1.29, 1.82) is 0 Å². The number of ether oxygens (including phenoxy) is 1. The summed E-state index contributed by atoms with van der Waals surface area (Å²) in [4.78, 5) is 29.8. The van der Waals surface area contributed by atoms with Gasteiger partial charge in [-0.1, -0.05) is 54.9 Å². The summed E-state index contributed by atoms with van der Waals surface area (Å²) in [5, 5.41) is 3.84. The van der Waals surface area contributed by atoms with Gasteiger partial charge in [-0.15, -0.1) is 0 Å². The Balaban J connectivity index is 1.82. The van der Waals surface area contributed by atoms with Crippen molar-refractivity contribution in [2.45, 2.75) is 40.2 Å². The van der Waals surface area contributed by atoms with Crippen molar-refractivity contribution >= 4 is 11.8 Å². The summed E-state index contributed by atoms with van der Waals surface area (Å²) in [7, 11) is 0. The third-order valence-corrected chi connectivity index (χ3v) is 4.36. The number of nitrogens with zero attached hydrogens (tertiary/aromatic N) is 2. The van der Waals surface area contributed by atoms with Crippen LogP contribution < -0.4 is 0 Å². The molecule has 0 fully saturated rings. The predicted molar refractivity (Wildman–Crippen MR) is 103 cm³/mol. The van der Waals surface area contributed by atoms with Crippen LogP contribution in [0.4, 0.5) is 0 Å². The Labute approximate surface area is 163 Å². The second kappa shape index (κ2) is 8.17. The van der Waals surface area contributed by atoms with Crippen LogP contribution in [0.3, 0.4) is 0 Å². The summed E-state index contributed by atoms with van der Waals surface area (Å²) in [5.41, 5.74) is 2.91. The molecule has 0 saturated carbocycles. The standard InChI is InChI=1S/C22H22N2O4/c1-13(2)21-23-19(28-24-21)12-27-22(26)17-8-6-5-7-16(17)20(25)18-11-14(3)9-10-15(18)4/h5-11,13H,12H2,1-4H3. The Hall–Kier alpha value is -3.28. The van der Waals surface area contributed by atoms with Gasteiger partial charge in [0.15, 0.2) is 18.2 Å². The van der Waals surface area contributed by atoms with Crippen LogP contribution in [0.1, 0.15) is 68.9 Å². The van der Waals surface area contributed by atoms with Crippen LogP contribution in [-0.2, 0) is 11.3 Å².